The number of nitrogens with zero attached hydrogens (tertiary/aromatic N) is 1. The van der Waals surface area contributed by atoms with Gasteiger partial charge in [-0.25, -0.2) is 0 Å². The topological polar surface area (TPSA) is 51.5 Å². The predicted octanol–water partition coefficient (Wildman–Crippen LogP) is 3.92. The number of fused-ring (bicyclic) bond motifs is 1. The van der Waals surface area contributed by atoms with Gasteiger partial charge in [-0.2, -0.15) is 0 Å². The summed E-state index contributed by atoms with van der Waals surface area (Å²) in [7, 11) is 3.40. The molecule has 0 bridgehead atoms. The minimum absolute atomic E-state index is 0.196. The van der Waals surface area contributed by atoms with E-state index in [1.165, 1.54) is 0 Å². The highest BCUT2D eigenvalue weighted by Crippen LogP contribution is 2.32. The van der Waals surface area contributed by atoms with Crippen LogP contribution in [0.5, 0.6) is 5.75 Å². The molecule has 1 heterocycles. The fourth-order valence-corrected chi connectivity index (χ4v) is 3.36. The fraction of sp³-hybridized carbons (Fsp3) is 0.211. The first-order chi connectivity index (χ1) is 11.5. The second kappa shape index (κ2) is 6.30. The number of aliphatic hydroxyl groups excluding tert-OH is 1. The maximum Gasteiger partial charge on any atom is 0.199 e. The van der Waals surface area contributed by atoms with Gasteiger partial charge in [-0.3, -0.25) is 4.79 Å². The Balaban J connectivity index is 2.50. The Morgan fingerprint density at radius 2 is 1.92 bits per heavy atom. The zero-order valence-electron chi connectivity index (χ0n) is 13.7. The quantitative estimate of drug-likeness (QED) is 0.784. The van der Waals surface area contributed by atoms with Gasteiger partial charge in [0.05, 0.1) is 40.4 Å². The van der Waals surface area contributed by atoms with Gasteiger partial charge in [0.15, 0.2) is 5.43 Å². The normalized spacial score (nSPS) is 12.4. The zero-order chi connectivity index (χ0) is 17.4. The van der Waals surface area contributed by atoms with E-state index >= 15 is 0 Å². The van der Waals surface area contributed by atoms with Crippen molar-refractivity contribution in [2.45, 2.75) is 13.0 Å². The van der Waals surface area contributed by atoms with Gasteiger partial charge in [-0.1, -0.05) is 29.8 Å². The molecule has 4 nitrogen and oxygen atoms in total. The van der Waals surface area contributed by atoms with Crippen LogP contribution in [0.25, 0.3) is 22.0 Å². The van der Waals surface area contributed by atoms with Crippen LogP contribution < -0.4 is 10.2 Å². The van der Waals surface area contributed by atoms with Gasteiger partial charge in [0.25, 0.3) is 0 Å². The largest absolute Gasteiger partial charge is 0.497 e. The molecular formula is C19H18ClNO3. The van der Waals surface area contributed by atoms with Gasteiger partial charge in [-0.15, -0.1) is 0 Å². The molecule has 2 aromatic carbocycles. The van der Waals surface area contributed by atoms with Crippen LogP contribution in [0.3, 0.4) is 0 Å². The van der Waals surface area contributed by atoms with Crippen LogP contribution in [-0.2, 0) is 7.05 Å². The highest BCUT2D eigenvalue weighted by Gasteiger charge is 2.21. The van der Waals surface area contributed by atoms with Gasteiger partial charge in [0, 0.05) is 7.05 Å². The molecule has 1 aromatic heterocycles. The van der Waals surface area contributed by atoms with E-state index < -0.39 is 6.10 Å². The number of aromatic nitrogens is 1. The molecule has 0 aliphatic heterocycles. The number of ether oxygens (including phenoxy) is 1. The molecule has 24 heavy (non-hydrogen) atoms. The van der Waals surface area contributed by atoms with Crippen LogP contribution >= 0.6 is 11.6 Å². The highest BCUT2D eigenvalue weighted by molar-refractivity contribution is 6.35. The number of rotatable bonds is 3. The van der Waals surface area contributed by atoms with Gasteiger partial charge < -0.3 is 14.4 Å². The third kappa shape index (κ3) is 2.58. The van der Waals surface area contributed by atoms with Crippen molar-refractivity contribution in [1.82, 2.24) is 4.57 Å². The van der Waals surface area contributed by atoms with E-state index in [1.54, 1.807) is 32.2 Å². The molecule has 0 unspecified atom stereocenters. The van der Waals surface area contributed by atoms with Crippen LogP contribution in [0.4, 0.5) is 0 Å². The van der Waals surface area contributed by atoms with Crippen molar-refractivity contribution in [3.05, 3.63) is 63.4 Å². The summed E-state index contributed by atoms with van der Waals surface area (Å²) < 4.78 is 7.08. The number of pyridine rings is 1. The molecule has 1 atom stereocenters. The molecule has 0 aliphatic carbocycles. The Labute approximate surface area is 144 Å². The van der Waals surface area contributed by atoms with Crippen molar-refractivity contribution < 1.29 is 9.84 Å². The Bertz CT molecular complexity index is 976. The highest BCUT2D eigenvalue weighted by atomic mass is 35.5. The monoisotopic (exact) mass is 343 g/mol. The number of methoxy groups -OCH3 is 1. The number of benzene rings is 2. The van der Waals surface area contributed by atoms with Gasteiger partial charge in [0.2, 0.25) is 0 Å². The minimum atomic E-state index is -0.813. The molecule has 5 heteroatoms. The summed E-state index contributed by atoms with van der Waals surface area (Å²) in [6.07, 6.45) is -0.813. The van der Waals surface area contributed by atoms with Crippen molar-refractivity contribution in [3.63, 3.8) is 0 Å². The third-order valence-electron chi connectivity index (χ3n) is 4.18. The molecule has 0 amide bonds. The molecule has 1 N–H and O–H groups in total. The first-order valence-electron chi connectivity index (χ1n) is 7.59. The molecule has 3 aromatic rings. The minimum Gasteiger partial charge on any atom is -0.497 e. The number of aryl methyl sites for hydroxylation is 1. The maximum absolute atomic E-state index is 13.2. The standard InChI is InChI=1S/C19H18ClNO3/c1-11(22)18-16(12-6-4-7-13(10-12)24-3)19(23)17-14(20)8-5-9-15(17)21(18)2/h4-11,22H,1-3H3/t11-/m1/s1. The van der Waals surface area contributed by atoms with Crippen LogP contribution in [0, 0.1) is 0 Å². The molecule has 0 radical (unpaired) electrons. The first-order valence-corrected chi connectivity index (χ1v) is 7.97. The maximum atomic E-state index is 13.2. The lowest BCUT2D eigenvalue weighted by atomic mass is 9.97. The third-order valence-corrected chi connectivity index (χ3v) is 4.49. The number of aliphatic hydroxyl groups is 1. The Morgan fingerprint density at radius 3 is 2.58 bits per heavy atom. The number of halogens is 1. The summed E-state index contributed by atoms with van der Waals surface area (Å²) in [5.74, 6) is 0.644. The van der Waals surface area contributed by atoms with E-state index in [9.17, 15) is 9.90 Å². The first kappa shape index (κ1) is 16.6. The van der Waals surface area contributed by atoms with E-state index in [0.29, 0.717) is 38.5 Å². The summed E-state index contributed by atoms with van der Waals surface area (Å²) in [5, 5.41) is 11.1. The molecular weight excluding hydrogens is 326 g/mol. The Hall–Kier alpha value is -2.30. The Kier molecular flexibility index (Phi) is 4.35. The predicted molar refractivity (Wildman–Crippen MR) is 96.8 cm³/mol. The summed E-state index contributed by atoms with van der Waals surface area (Å²) >= 11 is 6.28. The van der Waals surface area contributed by atoms with E-state index in [1.807, 2.05) is 35.9 Å². The van der Waals surface area contributed by atoms with E-state index in [2.05, 4.69) is 0 Å². The molecule has 0 saturated carbocycles. The van der Waals surface area contributed by atoms with E-state index in [4.69, 9.17) is 16.3 Å². The Morgan fingerprint density at radius 1 is 1.21 bits per heavy atom. The van der Waals surface area contributed by atoms with Crippen LogP contribution in [0.2, 0.25) is 5.02 Å². The van der Waals surface area contributed by atoms with E-state index in [0.717, 1.165) is 0 Å². The van der Waals surface area contributed by atoms with Crippen LogP contribution in [-0.4, -0.2) is 16.8 Å². The lowest BCUT2D eigenvalue weighted by molar-refractivity contribution is 0.191. The second-order valence-corrected chi connectivity index (χ2v) is 6.10. The molecule has 0 aliphatic rings. The van der Waals surface area contributed by atoms with E-state index in [-0.39, 0.29) is 5.43 Å². The summed E-state index contributed by atoms with van der Waals surface area (Å²) in [5.41, 5.74) is 2.16. The second-order valence-electron chi connectivity index (χ2n) is 5.69. The lowest BCUT2D eigenvalue weighted by Gasteiger charge is -2.20. The van der Waals surface area contributed by atoms with Crippen molar-refractivity contribution in [3.8, 4) is 16.9 Å². The van der Waals surface area contributed by atoms with Crippen molar-refractivity contribution in [2.75, 3.05) is 7.11 Å². The smallest absolute Gasteiger partial charge is 0.199 e. The van der Waals surface area contributed by atoms with Crippen molar-refractivity contribution >= 4 is 22.5 Å². The van der Waals surface area contributed by atoms with Crippen molar-refractivity contribution in [2.24, 2.45) is 7.05 Å². The summed E-state index contributed by atoms with van der Waals surface area (Å²) in [4.78, 5) is 13.2. The SMILES string of the molecule is COc1cccc(-c2c([C@@H](C)O)n(C)c3cccc(Cl)c3c2=O)c1. The molecule has 0 saturated heterocycles. The summed E-state index contributed by atoms with van der Waals surface area (Å²) in [6.45, 7) is 1.65. The molecule has 0 fully saturated rings. The van der Waals surface area contributed by atoms with Crippen LogP contribution in [0.1, 0.15) is 18.7 Å². The lowest BCUT2D eigenvalue weighted by Crippen LogP contribution is -2.18. The zero-order valence-corrected chi connectivity index (χ0v) is 14.5. The molecule has 0 spiro atoms. The molecule has 124 valence electrons. The van der Waals surface area contributed by atoms with Gasteiger partial charge in [-0.05, 0) is 36.8 Å². The fourth-order valence-electron chi connectivity index (χ4n) is 3.10. The number of hydrogen-bond acceptors (Lipinski definition) is 3. The van der Waals surface area contributed by atoms with Crippen molar-refractivity contribution in [1.29, 1.82) is 0 Å². The number of hydrogen-bond donors (Lipinski definition) is 1. The average Bonchev–Trinajstić information content (AvgIpc) is 2.57. The van der Waals surface area contributed by atoms with Crippen LogP contribution in [0.15, 0.2) is 47.3 Å². The summed E-state index contributed by atoms with van der Waals surface area (Å²) in [6, 6.07) is 12.5. The van der Waals surface area contributed by atoms with Gasteiger partial charge >= 0.3 is 0 Å². The molecule has 3 rings (SSSR count). The van der Waals surface area contributed by atoms with Gasteiger partial charge in [0.1, 0.15) is 5.75 Å². The average molecular weight is 344 g/mol.